The summed E-state index contributed by atoms with van der Waals surface area (Å²) in [6.45, 7) is 4.11. The molecule has 0 atom stereocenters. The summed E-state index contributed by atoms with van der Waals surface area (Å²) in [5.74, 6) is 1.03. The minimum Gasteiger partial charge on any atom is -0.398 e. The van der Waals surface area contributed by atoms with E-state index in [0.717, 1.165) is 16.7 Å². The molecule has 2 aromatic carbocycles. The standard InChI is InChI=1S/C16H15N3O/c1-10-6-5-8-12(11(10)2)16-18-15(19-20-16)13-7-3-4-9-14(13)17/h3-9H,17H2,1-2H3. The predicted molar refractivity (Wildman–Crippen MR) is 79.1 cm³/mol. The van der Waals surface area contributed by atoms with Crippen LogP contribution in [0.2, 0.25) is 0 Å². The van der Waals surface area contributed by atoms with Gasteiger partial charge in [0.1, 0.15) is 0 Å². The average Bonchev–Trinajstić information content (AvgIpc) is 2.92. The first-order valence-corrected chi connectivity index (χ1v) is 6.42. The van der Waals surface area contributed by atoms with Crippen molar-refractivity contribution >= 4 is 5.69 Å². The van der Waals surface area contributed by atoms with Crippen LogP contribution in [-0.2, 0) is 0 Å². The van der Waals surface area contributed by atoms with Crippen LogP contribution in [0.3, 0.4) is 0 Å². The maximum absolute atomic E-state index is 5.93. The third-order valence-electron chi connectivity index (χ3n) is 3.46. The fourth-order valence-electron chi connectivity index (χ4n) is 2.13. The van der Waals surface area contributed by atoms with Gasteiger partial charge in [-0.2, -0.15) is 4.98 Å². The summed E-state index contributed by atoms with van der Waals surface area (Å²) in [4.78, 5) is 4.46. The Morgan fingerprint density at radius 1 is 0.950 bits per heavy atom. The molecule has 4 nitrogen and oxygen atoms in total. The number of para-hydroxylation sites is 1. The second kappa shape index (κ2) is 4.81. The van der Waals surface area contributed by atoms with Gasteiger partial charge in [-0.15, -0.1) is 0 Å². The van der Waals surface area contributed by atoms with E-state index in [1.165, 1.54) is 5.56 Å². The molecule has 0 saturated heterocycles. The molecule has 4 heteroatoms. The molecular formula is C16H15N3O. The highest BCUT2D eigenvalue weighted by Gasteiger charge is 2.14. The second-order valence-corrected chi connectivity index (χ2v) is 4.76. The molecule has 20 heavy (non-hydrogen) atoms. The molecule has 0 bridgehead atoms. The van der Waals surface area contributed by atoms with Gasteiger partial charge in [0.15, 0.2) is 0 Å². The Morgan fingerprint density at radius 2 is 1.70 bits per heavy atom. The lowest BCUT2D eigenvalue weighted by atomic mass is 10.0. The van der Waals surface area contributed by atoms with Gasteiger partial charge in [-0.25, -0.2) is 0 Å². The summed E-state index contributed by atoms with van der Waals surface area (Å²) in [6.07, 6.45) is 0. The molecule has 1 heterocycles. The van der Waals surface area contributed by atoms with Crippen molar-refractivity contribution in [3.63, 3.8) is 0 Å². The van der Waals surface area contributed by atoms with Crippen LogP contribution in [0.1, 0.15) is 11.1 Å². The second-order valence-electron chi connectivity index (χ2n) is 4.76. The molecule has 0 radical (unpaired) electrons. The van der Waals surface area contributed by atoms with Gasteiger partial charge in [0.25, 0.3) is 5.89 Å². The van der Waals surface area contributed by atoms with Crippen LogP contribution >= 0.6 is 0 Å². The third-order valence-corrected chi connectivity index (χ3v) is 3.46. The van der Waals surface area contributed by atoms with Gasteiger partial charge in [-0.1, -0.05) is 29.4 Å². The van der Waals surface area contributed by atoms with Crippen LogP contribution in [-0.4, -0.2) is 10.1 Å². The van der Waals surface area contributed by atoms with E-state index in [9.17, 15) is 0 Å². The molecule has 100 valence electrons. The lowest BCUT2D eigenvalue weighted by Crippen LogP contribution is -1.91. The van der Waals surface area contributed by atoms with Crippen molar-refractivity contribution in [1.82, 2.24) is 10.1 Å². The van der Waals surface area contributed by atoms with Gasteiger partial charge in [0, 0.05) is 16.8 Å². The molecule has 0 saturated carbocycles. The molecule has 0 aliphatic heterocycles. The molecule has 0 aliphatic carbocycles. The molecule has 2 N–H and O–H groups in total. The van der Waals surface area contributed by atoms with E-state index in [4.69, 9.17) is 10.3 Å². The van der Waals surface area contributed by atoms with Crippen LogP contribution < -0.4 is 5.73 Å². The quantitative estimate of drug-likeness (QED) is 0.719. The van der Waals surface area contributed by atoms with E-state index in [2.05, 4.69) is 23.1 Å². The monoisotopic (exact) mass is 265 g/mol. The molecule has 0 unspecified atom stereocenters. The summed E-state index contributed by atoms with van der Waals surface area (Å²) >= 11 is 0. The highest BCUT2D eigenvalue weighted by molar-refractivity contribution is 5.72. The molecular weight excluding hydrogens is 250 g/mol. The highest BCUT2D eigenvalue weighted by Crippen LogP contribution is 2.28. The van der Waals surface area contributed by atoms with Gasteiger partial charge >= 0.3 is 0 Å². The summed E-state index contributed by atoms with van der Waals surface area (Å²) in [5.41, 5.74) is 10.7. The summed E-state index contributed by atoms with van der Waals surface area (Å²) in [6, 6.07) is 13.5. The van der Waals surface area contributed by atoms with Crippen molar-refractivity contribution in [3.05, 3.63) is 53.6 Å². The lowest BCUT2D eigenvalue weighted by molar-refractivity contribution is 0.432. The fourth-order valence-corrected chi connectivity index (χ4v) is 2.13. The minimum absolute atomic E-state index is 0.513. The van der Waals surface area contributed by atoms with Crippen LogP contribution in [0.5, 0.6) is 0 Å². The van der Waals surface area contributed by atoms with Crippen molar-refractivity contribution in [2.24, 2.45) is 0 Å². The number of aryl methyl sites for hydroxylation is 1. The topological polar surface area (TPSA) is 64.9 Å². The van der Waals surface area contributed by atoms with Crippen molar-refractivity contribution in [2.75, 3.05) is 5.73 Å². The highest BCUT2D eigenvalue weighted by atomic mass is 16.5. The van der Waals surface area contributed by atoms with Crippen molar-refractivity contribution in [1.29, 1.82) is 0 Å². The maximum Gasteiger partial charge on any atom is 0.258 e. The van der Waals surface area contributed by atoms with E-state index in [-0.39, 0.29) is 0 Å². The van der Waals surface area contributed by atoms with Crippen LogP contribution in [0.15, 0.2) is 47.0 Å². The normalized spacial score (nSPS) is 10.7. The van der Waals surface area contributed by atoms with Crippen LogP contribution in [0.4, 0.5) is 5.69 Å². The third kappa shape index (κ3) is 2.05. The molecule has 0 amide bonds. The van der Waals surface area contributed by atoms with Gasteiger partial charge in [-0.3, -0.25) is 0 Å². The Kier molecular flexibility index (Phi) is 2.99. The van der Waals surface area contributed by atoms with E-state index < -0.39 is 0 Å². The van der Waals surface area contributed by atoms with Crippen molar-refractivity contribution < 1.29 is 4.52 Å². The number of benzene rings is 2. The van der Waals surface area contributed by atoms with E-state index >= 15 is 0 Å². The number of hydrogen-bond acceptors (Lipinski definition) is 4. The van der Waals surface area contributed by atoms with Gasteiger partial charge in [-0.05, 0) is 43.2 Å². The zero-order chi connectivity index (χ0) is 14.1. The first-order valence-electron chi connectivity index (χ1n) is 6.42. The summed E-state index contributed by atoms with van der Waals surface area (Å²) in [7, 11) is 0. The van der Waals surface area contributed by atoms with Crippen LogP contribution in [0.25, 0.3) is 22.8 Å². The largest absolute Gasteiger partial charge is 0.398 e. The number of rotatable bonds is 2. The van der Waals surface area contributed by atoms with Gasteiger partial charge in [0.2, 0.25) is 5.82 Å². The smallest absolute Gasteiger partial charge is 0.258 e. The summed E-state index contributed by atoms with van der Waals surface area (Å²) in [5, 5.41) is 4.03. The molecule has 3 aromatic rings. The van der Waals surface area contributed by atoms with Gasteiger partial charge in [0.05, 0.1) is 0 Å². The van der Waals surface area contributed by atoms with Crippen molar-refractivity contribution in [2.45, 2.75) is 13.8 Å². The average molecular weight is 265 g/mol. The van der Waals surface area contributed by atoms with Gasteiger partial charge < -0.3 is 10.3 Å². The number of nitrogens with two attached hydrogens (primary N) is 1. The zero-order valence-corrected chi connectivity index (χ0v) is 11.4. The Morgan fingerprint density at radius 3 is 2.50 bits per heavy atom. The number of aromatic nitrogens is 2. The van der Waals surface area contributed by atoms with E-state index in [1.54, 1.807) is 0 Å². The minimum atomic E-state index is 0.513. The zero-order valence-electron chi connectivity index (χ0n) is 11.4. The number of anilines is 1. The van der Waals surface area contributed by atoms with Crippen molar-refractivity contribution in [3.8, 4) is 22.8 Å². The van der Waals surface area contributed by atoms with E-state index in [0.29, 0.717) is 17.4 Å². The number of nitrogens with zero attached hydrogens (tertiary/aromatic N) is 2. The predicted octanol–water partition coefficient (Wildman–Crippen LogP) is 3.60. The molecule has 0 spiro atoms. The fraction of sp³-hybridized carbons (Fsp3) is 0.125. The maximum atomic E-state index is 5.93. The van der Waals surface area contributed by atoms with Crippen LogP contribution in [0, 0.1) is 13.8 Å². The molecule has 0 fully saturated rings. The number of hydrogen-bond donors (Lipinski definition) is 1. The molecule has 0 aliphatic rings. The SMILES string of the molecule is Cc1cccc(-c2nc(-c3ccccc3N)no2)c1C. The Hall–Kier alpha value is -2.62. The lowest BCUT2D eigenvalue weighted by Gasteiger charge is -2.03. The first-order chi connectivity index (χ1) is 9.66. The van der Waals surface area contributed by atoms with E-state index in [1.807, 2.05) is 43.3 Å². The Bertz CT molecular complexity index is 762. The Labute approximate surface area is 117 Å². The first kappa shape index (κ1) is 12.4. The Balaban J connectivity index is 2.07. The molecule has 3 rings (SSSR count). The number of nitrogen functional groups attached to an aromatic ring is 1. The summed E-state index contributed by atoms with van der Waals surface area (Å²) < 4.78 is 5.38. The molecule has 1 aromatic heterocycles.